The lowest BCUT2D eigenvalue weighted by Crippen LogP contribution is -2.29. The molecule has 106 valence electrons. The first-order chi connectivity index (χ1) is 9.36. The van der Waals surface area contributed by atoms with Crippen LogP contribution in [0.3, 0.4) is 0 Å². The first kappa shape index (κ1) is 14.4. The fourth-order valence-electron chi connectivity index (χ4n) is 3.26. The minimum atomic E-state index is 0.663. The van der Waals surface area contributed by atoms with Gasteiger partial charge in [-0.2, -0.15) is 0 Å². The smallest absolute Gasteiger partial charge is 0.122 e. The van der Waals surface area contributed by atoms with Crippen LogP contribution in [0, 0.1) is 5.92 Å². The van der Waals surface area contributed by atoms with E-state index in [1.165, 1.54) is 31.2 Å². The summed E-state index contributed by atoms with van der Waals surface area (Å²) >= 11 is 0. The Balaban J connectivity index is 2.16. The SMILES string of the molecule is CCNCC1CCCCC1c1ccccc1OCC. The quantitative estimate of drug-likeness (QED) is 0.836. The van der Waals surface area contributed by atoms with Crippen LogP contribution in [0.4, 0.5) is 0 Å². The predicted octanol–water partition coefficient (Wildman–Crippen LogP) is 3.97. The van der Waals surface area contributed by atoms with Crippen LogP contribution in [0.2, 0.25) is 0 Å². The summed E-state index contributed by atoms with van der Waals surface area (Å²) in [6.45, 7) is 7.21. The van der Waals surface area contributed by atoms with E-state index in [1.54, 1.807) is 0 Å². The van der Waals surface area contributed by atoms with Gasteiger partial charge in [0.15, 0.2) is 0 Å². The molecule has 1 aromatic carbocycles. The molecule has 0 amide bonds. The predicted molar refractivity (Wildman–Crippen MR) is 80.9 cm³/mol. The summed E-state index contributed by atoms with van der Waals surface area (Å²) < 4.78 is 5.82. The minimum Gasteiger partial charge on any atom is -0.494 e. The van der Waals surface area contributed by atoms with Gasteiger partial charge in [0.1, 0.15) is 5.75 Å². The van der Waals surface area contributed by atoms with Gasteiger partial charge in [-0.15, -0.1) is 0 Å². The van der Waals surface area contributed by atoms with E-state index in [4.69, 9.17) is 4.74 Å². The molecule has 0 spiro atoms. The Kier molecular flexibility index (Phi) is 5.71. The van der Waals surface area contributed by atoms with Crippen molar-refractivity contribution >= 4 is 0 Å². The monoisotopic (exact) mass is 261 g/mol. The Morgan fingerprint density at radius 1 is 1.16 bits per heavy atom. The molecule has 1 saturated carbocycles. The molecule has 1 aliphatic carbocycles. The molecule has 0 aromatic heterocycles. The summed E-state index contributed by atoms with van der Waals surface area (Å²) in [5.41, 5.74) is 1.42. The first-order valence-corrected chi connectivity index (χ1v) is 7.79. The van der Waals surface area contributed by atoms with Crippen molar-refractivity contribution in [3.8, 4) is 5.75 Å². The zero-order valence-electron chi connectivity index (χ0n) is 12.3. The molecule has 0 radical (unpaired) electrons. The van der Waals surface area contributed by atoms with Gasteiger partial charge in [-0.3, -0.25) is 0 Å². The maximum Gasteiger partial charge on any atom is 0.122 e. The van der Waals surface area contributed by atoms with Crippen molar-refractivity contribution < 1.29 is 4.74 Å². The topological polar surface area (TPSA) is 21.3 Å². The van der Waals surface area contributed by atoms with Gasteiger partial charge in [-0.25, -0.2) is 0 Å². The van der Waals surface area contributed by atoms with Crippen LogP contribution in [0.5, 0.6) is 5.75 Å². The lowest BCUT2D eigenvalue weighted by atomic mass is 9.75. The van der Waals surface area contributed by atoms with Crippen molar-refractivity contribution in [2.75, 3.05) is 19.7 Å². The molecule has 2 rings (SSSR count). The molecule has 2 nitrogen and oxygen atoms in total. The molecule has 0 aliphatic heterocycles. The fourth-order valence-corrected chi connectivity index (χ4v) is 3.26. The van der Waals surface area contributed by atoms with Crippen LogP contribution >= 0.6 is 0 Å². The van der Waals surface area contributed by atoms with E-state index >= 15 is 0 Å². The molecule has 1 N–H and O–H groups in total. The molecule has 2 atom stereocenters. The highest BCUT2D eigenvalue weighted by atomic mass is 16.5. The second kappa shape index (κ2) is 7.54. The second-order valence-electron chi connectivity index (χ2n) is 5.43. The molecule has 0 heterocycles. The van der Waals surface area contributed by atoms with Crippen molar-refractivity contribution in [2.24, 2.45) is 5.92 Å². The normalized spacial score (nSPS) is 23.3. The third-order valence-corrected chi connectivity index (χ3v) is 4.18. The average molecular weight is 261 g/mol. The van der Waals surface area contributed by atoms with E-state index in [0.29, 0.717) is 5.92 Å². The summed E-state index contributed by atoms with van der Waals surface area (Å²) in [6.07, 6.45) is 5.38. The van der Waals surface area contributed by atoms with Gasteiger partial charge in [-0.1, -0.05) is 38.0 Å². The molecule has 1 fully saturated rings. The standard InChI is InChI=1S/C17H27NO/c1-3-18-13-14-9-5-6-10-15(14)16-11-7-8-12-17(16)19-4-2/h7-8,11-12,14-15,18H,3-6,9-10,13H2,1-2H3. The van der Waals surface area contributed by atoms with Crippen molar-refractivity contribution in [3.63, 3.8) is 0 Å². The Morgan fingerprint density at radius 3 is 2.74 bits per heavy atom. The van der Waals surface area contributed by atoms with Crippen LogP contribution in [0.25, 0.3) is 0 Å². The van der Waals surface area contributed by atoms with Gasteiger partial charge in [0.25, 0.3) is 0 Å². The molecule has 1 aliphatic rings. The van der Waals surface area contributed by atoms with E-state index < -0.39 is 0 Å². The molecule has 0 saturated heterocycles. The first-order valence-electron chi connectivity index (χ1n) is 7.79. The average Bonchev–Trinajstić information content (AvgIpc) is 2.46. The van der Waals surface area contributed by atoms with Gasteiger partial charge < -0.3 is 10.1 Å². The van der Waals surface area contributed by atoms with Gasteiger partial charge in [-0.05, 0) is 56.3 Å². The third-order valence-electron chi connectivity index (χ3n) is 4.18. The van der Waals surface area contributed by atoms with Crippen molar-refractivity contribution in [3.05, 3.63) is 29.8 Å². The number of benzene rings is 1. The highest BCUT2D eigenvalue weighted by Crippen LogP contribution is 2.41. The largest absolute Gasteiger partial charge is 0.494 e. The summed E-state index contributed by atoms with van der Waals surface area (Å²) in [6, 6.07) is 8.62. The maximum absolute atomic E-state index is 5.82. The number of hydrogen-bond donors (Lipinski definition) is 1. The molecule has 19 heavy (non-hydrogen) atoms. The van der Waals surface area contributed by atoms with E-state index in [1.807, 2.05) is 0 Å². The van der Waals surface area contributed by atoms with Crippen LogP contribution in [0.15, 0.2) is 24.3 Å². The van der Waals surface area contributed by atoms with Crippen LogP contribution < -0.4 is 10.1 Å². The van der Waals surface area contributed by atoms with Crippen molar-refractivity contribution in [2.45, 2.75) is 45.4 Å². The van der Waals surface area contributed by atoms with Gasteiger partial charge >= 0.3 is 0 Å². The van der Waals surface area contributed by atoms with Crippen molar-refractivity contribution in [1.82, 2.24) is 5.32 Å². The second-order valence-corrected chi connectivity index (χ2v) is 5.43. The number of nitrogens with one attached hydrogen (secondary N) is 1. The van der Waals surface area contributed by atoms with E-state index in [2.05, 4.69) is 43.4 Å². The zero-order valence-corrected chi connectivity index (χ0v) is 12.3. The molecule has 2 unspecified atom stereocenters. The Morgan fingerprint density at radius 2 is 1.95 bits per heavy atom. The fraction of sp³-hybridized carbons (Fsp3) is 0.647. The Labute approximate surface area is 117 Å². The van der Waals surface area contributed by atoms with Gasteiger partial charge in [0.05, 0.1) is 6.61 Å². The van der Waals surface area contributed by atoms with E-state index in [0.717, 1.165) is 31.4 Å². The van der Waals surface area contributed by atoms with Gasteiger partial charge in [0, 0.05) is 0 Å². The summed E-state index contributed by atoms with van der Waals surface area (Å²) in [4.78, 5) is 0. The lowest BCUT2D eigenvalue weighted by molar-refractivity contribution is 0.281. The molecule has 0 bridgehead atoms. The molecular formula is C17H27NO. The Hall–Kier alpha value is -1.02. The molecule has 2 heteroatoms. The highest BCUT2D eigenvalue weighted by Gasteiger charge is 2.28. The van der Waals surface area contributed by atoms with Crippen LogP contribution in [-0.4, -0.2) is 19.7 Å². The number of hydrogen-bond acceptors (Lipinski definition) is 2. The number of rotatable bonds is 6. The summed E-state index contributed by atoms with van der Waals surface area (Å²) in [5, 5.41) is 3.53. The number of para-hydroxylation sites is 1. The molecular weight excluding hydrogens is 234 g/mol. The lowest BCUT2D eigenvalue weighted by Gasteiger charge is -2.33. The van der Waals surface area contributed by atoms with Crippen LogP contribution in [-0.2, 0) is 0 Å². The van der Waals surface area contributed by atoms with Crippen LogP contribution in [0.1, 0.15) is 51.0 Å². The zero-order chi connectivity index (χ0) is 13.5. The minimum absolute atomic E-state index is 0.663. The molecule has 1 aromatic rings. The summed E-state index contributed by atoms with van der Waals surface area (Å²) in [7, 11) is 0. The van der Waals surface area contributed by atoms with Crippen molar-refractivity contribution in [1.29, 1.82) is 0 Å². The number of ether oxygens (including phenoxy) is 1. The maximum atomic E-state index is 5.82. The van der Waals surface area contributed by atoms with E-state index in [9.17, 15) is 0 Å². The van der Waals surface area contributed by atoms with E-state index in [-0.39, 0.29) is 0 Å². The third kappa shape index (κ3) is 3.73. The summed E-state index contributed by atoms with van der Waals surface area (Å²) in [5.74, 6) is 2.52. The Bertz CT molecular complexity index is 377. The van der Waals surface area contributed by atoms with Gasteiger partial charge in [0.2, 0.25) is 0 Å². The highest BCUT2D eigenvalue weighted by molar-refractivity contribution is 5.37.